The van der Waals surface area contributed by atoms with Crippen molar-refractivity contribution < 1.29 is 4.74 Å². The largest absolute Gasteiger partial charge is 0.378 e. The zero-order valence-corrected chi connectivity index (χ0v) is 11.5. The van der Waals surface area contributed by atoms with Crippen LogP contribution >= 0.6 is 0 Å². The molecule has 1 fully saturated rings. The van der Waals surface area contributed by atoms with E-state index in [0.29, 0.717) is 18.1 Å². The Hall–Kier alpha value is -1.45. The number of pyridine rings is 1. The minimum atomic E-state index is 0.309. The van der Waals surface area contributed by atoms with Crippen molar-refractivity contribution in [3.63, 3.8) is 0 Å². The molecule has 3 unspecified atom stereocenters. The van der Waals surface area contributed by atoms with E-state index in [1.807, 2.05) is 19.3 Å². The van der Waals surface area contributed by atoms with Crippen molar-refractivity contribution in [2.75, 3.05) is 13.7 Å². The molecule has 100 valence electrons. The van der Waals surface area contributed by atoms with E-state index in [4.69, 9.17) is 4.74 Å². The molecule has 2 aromatic rings. The summed E-state index contributed by atoms with van der Waals surface area (Å²) in [4.78, 5) is 4.57. The zero-order chi connectivity index (χ0) is 13.2. The second-order valence-corrected chi connectivity index (χ2v) is 5.26. The van der Waals surface area contributed by atoms with E-state index in [0.717, 1.165) is 18.5 Å². The molecule has 0 saturated carbocycles. The Balaban J connectivity index is 1.96. The number of fused-ring (bicyclic) bond motifs is 1. The molecule has 3 nitrogen and oxygen atoms in total. The average molecular weight is 256 g/mol. The van der Waals surface area contributed by atoms with Gasteiger partial charge in [-0.3, -0.25) is 4.98 Å². The van der Waals surface area contributed by atoms with Gasteiger partial charge in [-0.15, -0.1) is 0 Å². The van der Waals surface area contributed by atoms with E-state index in [1.54, 1.807) is 0 Å². The summed E-state index contributed by atoms with van der Waals surface area (Å²) in [6.07, 6.45) is 3.41. The molecule has 3 atom stereocenters. The minimum Gasteiger partial charge on any atom is -0.378 e. The molecule has 1 aliphatic rings. The Labute approximate surface area is 114 Å². The first-order valence-electron chi connectivity index (χ1n) is 6.93. The molecule has 1 aliphatic heterocycles. The Morgan fingerprint density at radius 1 is 1.37 bits per heavy atom. The molecular weight excluding hydrogens is 236 g/mol. The van der Waals surface area contributed by atoms with Gasteiger partial charge in [0.1, 0.15) is 0 Å². The summed E-state index contributed by atoms with van der Waals surface area (Å²) < 4.78 is 5.70. The minimum absolute atomic E-state index is 0.309. The third-order valence-corrected chi connectivity index (χ3v) is 4.14. The van der Waals surface area contributed by atoms with Crippen molar-refractivity contribution in [1.82, 2.24) is 10.3 Å². The van der Waals surface area contributed by atoms with Crippen LogP contribution in [-0.4, -0.2) is 24.7 Å². The molecule has 0 bridgehead atoms. The predicted molar refractivity (Wildman–Crippen MR) is 77.1 cm³/mol. The summed E-state index contributed by atoms with van der Waals surface area (Å²) in [5.74, 6) is 0.521. The molecule has 1 N–H and O–H groups in total. The van der Waals surface area contributed by atoms with Gasteiger partial charge in [-0.05, 0) is 38.1 Å². The van der Waals surface area contributed by atoms with Crippen LogP contribution in [0, 0.1) is 5.92 Å². The first-order valence-corrected chi connectivity index (χ1v) is 6.93. The van der Waals surface area contributed by atoms with E-state index < -0.39 is 0 Å². The van der Waals surface area contributed by atoms with Crippen LogP contribution in [0.25, 0.3) is 10.9 Å². The lowest BCUT2D eigenvalue weighted by atomic mass is 9.88. The summed E-state index contributed by atoms with van der Waals surface area (Å²) in [5.41, 5.74) is 2.31. The molecule has 1 aromatic heterocycles. The molecule has 2 heterocycles. The summed E-state index contributed by atoms with van der Waals surface area (Å²) in [6, 6.07) is 10.8. The van der Waals surface area contributed by atoms with Gasteiger partial charge >= 0.3 is 0 Å². The van der Waals surface area contributed by atoms with Crippen molar-refractivity contribution in [3.05, 3.63) is 42.1 Å². The maximum atomic E-state index is 5.70. The van der Waals surface area contributed by atoms with Crippen LogP contribution in [0.5, 0.6) is 0 Å². The zero-order valence-electron chi connectivity index (χ0n) is 11.5. The third kappa shape index (κ3) is 2.36. The van der Waals surface area contributed by atoms with Crippen molar-refractivity contribution in [2.45, 2.75) is 25.5 Å². The smallest absolute Gasteiger partial charge is 0.0702 e. The molecular formula is C16H20N2O. The van der Waals surface area contributed by atoms with Crippen molar-refractivity contribution >= 4 is 10.9 Å². The molecule has 3 heteroatoms. The second-order valence-electron chi connectivity index (χ2n) is 5.26. The van der Waals surface area contributed by atoms with Crippen molar-refractivity contribution in [3.8, 4) is 0 Å². The number of hydrogen-bond acceptors (Lipinski definition) is 3. The highest BCUT2D eigenvalue weighted by molar-refractivity contribution is 5.78. The van der Waals surface area contributed by atoms with Crippen molar-refractivity contribution in [1.29, 1.82) is 0 Å². The van der Waals surface area contributed by atoms with Gasteiger partial charge < -0.3 is 10.1 Å². The maximum absolute atomic E-state index is 5.70. The van der Waals surface area contributed by atoms with E-state index in [-0.39, 0.29) is 0 Å². The Kier molecular flexibility index (Phi) is 3.49. The van der Waals surface area contributed by atoms with Gasteiger partial charge in [-0.2, -0.15) is 0 Å². The fourth-order valence-corrected chi connectivity index (χ4v) is 3.07. The molecule has 3 rings (SSSR count). The van der Waals surface area contributed by atoms with Crippen LogP contribution in [0.3, 0.4) is 0 Å². The average Bonchev–Trinajstić information content (AvgIpc) is 2.86. The SMILES string of the molecule is CNC(c1cnc2ccccc2c1)C1CCOC1C. The first-order chi connectivity index (χ1) is 9.29. The maximum Gasteiger partial charge on any atom is 0.0702 e. The van der Waals surface area contributed by atoms with Crippen molar-refractivity contribution in [2.24, 2.45) is 5.92 Å². The number of nitrogens with one attached hydrogen (secondary N) is 1. The number of ether oxygens (including phenoxy) is 1. The van der Waals surface area contributed by atoms with Gasteiger partial charge in [0.05, 0.1) is 11.6 Å². The monoisotopic (exact) mass is 256 g/mol. The van der Waals surface area contributed by atoms with Crippen LogP contribution in [-0.2, 0) is 4.74 Å². The first kappa shape index (κ1) is 12.6. The number of aromatic nitrogens is 1. The Bertz CT molecular complexity index is 569. The molecule has 1 saturated heterocycles. The van der Waals surface area contributed by atoms with Crippen LogP contribution < -0.4 is 5.32 Å². The predicted octanol–water partition coefficient (Wildman–Crippen LogP) is 2.92. The highest BCUT2D eigenvalue weighted by atomic mass is 16.5. The molecule has 0 spiro atoms. The fourth-order valence-electron chi connectivity index (χ4n) is 3.07. The molecule has 1 aromatic carbocycles. The van der Waals surface area contributed by atoms with Gasteiger partial charge in [0.25, 0.3) is 0 Å². The number of hydrogen-bond donors (Lipinski definition) is 1. The van der Waals surface area contributed by atoms with Gasteiger partial charge in [-0.25, -0.2) is 0 Å². The van der Waals surface area contributed by atoms with Gasteiger partial charge in [-0.1, -0.05) is 18.2 Å². The summed E-state index contributed by atoms with van der Waals surface area (Å²) in [7, 11) is 2.02. The summed E-state index contributed by atoms with van der Waals surface area (Å²) in [6.45, 7) is 3.03. The lowest BCUT2D eigenvalue weighted by Gasteiger charge is -2.25. The third-order valence-electron chi connectivity index (χ3n) is 4.14. The highest BCUT2D eigenvalue weighted by Gasteiger charge is 2.32. The van der Waals surface area contributed by atoms with E-state index in [1.165, 1.54) is 10.9 Å². The van der Waals surface area contributed by atoms with E-state index >= 15 is 0 Å². The van der Waals surface area contributed by atoms with E-state index in [2.05, 4.69) is 41.5 Å². The van der Waals surface area contributed by atoms with Crippen LogP contribution in [0.2, 0.25) is 0 Å². The van der Waals surface area contributed by atoms with Gasteiger partial charge in [0.2, 0.25) is 0 Å². The van der Waals surface area contributed by atoms with Crippen LogP contribution in [0.1, 0.15) is 24.9 Å². The number of nitrogens with zero attached hydrogens (tertiary/aromatic N) is 1. The normalized spacial score (nSPS) is 24.7. The quantitative estimate of drug-likeness (QED) is 0.917. The number of para-hydroxylation sites is 1. The number of rotatable bonds is 3. The summed E-state index contributed by atoms with van der Waals surface area (Å²) >= 11 is 0. The molecule has 0 aliphatic carbocycles. The molecule has 19 heavy (non-hydrogen) atoms. The highest BCUT2D eigenvalue weighted by Crippen LogP contribution is 2.33. The van der Waals surface area contributed by atoms with E-state index in [9.17, 15) is 0 Å². The standard InChI is InChI=1S/C16H20N2O/c1-11-14(7-8-19-11)16(17-2)13-9-12-5-3-4-6-15(12)18-10-13/h3-6,9-11,14,16-17H,7-8H2,1-2H3. The lowest BCUT2D eigenvalue weighted by Crippen LogP contribution is -2.29. The second kappa shape index (κ2) is 5.27. The molecule has 0 amide bonds. The van der Waals surface area contributed by atoms with Crippen LogP contribution in [0.4, 0.5) is 0 Å². The fraction of sp³-hybridized carbons (Fsp3) is 0.438. The molecule has 0 radical (unpaired) electrons. The topological polar surface area (TPSA) is 34.2 Å². The van der Waals surface area contributed by atoms with Gasteiger partial charge in [0, 0.05) is 30.1 Å². The summed E-state index contributed by atoms with van der Waals surface area (Å²) in [5, 5.41) is 4.64. The number of benzene rings is 1. The van der Waals surface area contributed by atoms with Gasteiger partial charge in [0.15, 0.2) is 0 Å². The van der Waals surface area contributed by atoms with Crippen LogP contribution in [0.15, 0.2) is 36.5 Å². The Morgan fingerprint density at radius 2 is 2.21 bits per heavy atom. The Morgan fingerprint density at radius 3 is 2.95 bits per heavy atom. The lowest BCUT2D eigenvalue weighted by molar-refractivity contribution is 0.0963.